The first-order valence-electron chi connectivity index (χ1n) is 5.37. The number of hydrogen-bond acceptors (Lipinski definition) is 4. The van der Waals surface area contributed by atoms with Crippen LogP contribution in [0.3, 0.4) is 0 Å². The van der Waals surface area contributed by atoms with Gasteiger partial charge >= 0.3 is 5.97 Å². The van der Waals surface area contributed by atoms with Crippen LogP contribution >= 0.6 is 11.8 Å². The summed E-state index contributed by atoms with van der Waals surface area (Å²) in [5, 5.41) is 0. The lowest BCUT2D eigenvalue weighted by Gasteiger charge is -2.17. The minimum Gasteiger partial charge on any atom is -0.465 e. The second-order valence-corrected chi connectivity index (χ2v) is 5.89. The zero-order valence-corrected chi connectivity index (χ0v) is 11.0. The fraction of sp³-hybridized carbons (Fsp3) is 0.909. The zero-order chi connectivity index (χ0) is 11.9. The molecule has 0 saturated heterocycles. The van der Waals surface area contributed by atoms with Crippen molar-refractivity contribution in [3.8, 4) is 0 Å². The van der Waals surface area contributed by atoms with E-state index in [-0.39, 0.29) is 5.97 Å². The van der Waals surface area contributed by atoms with E-state index in [2.05, 4.69) is 20.8 Å². The topological polar surface area (TPSA) is 52.3 Å². The van der Waals surface area contributed by atoms with Gasteiger partial charge in [0, 0.05) is 5.75 Å². The van der Waals surface area contributed by atoms with Gasteiger partial charge in [0.1, 0.15) is 6.04 Å². The summed E-state index contributed by atoms with van der Waals surface area (Å²) >= 11 is 1.72. The molecule has 90 valence electrons. The molecule has 0 spiro atoms. The van der Waals surface area contributed by atoms with Crippen LogP contribution in [-0.2, 0) is 9.53 Å². The highest BCUT2D eigenvalue weighted by atomic mass is 32.2. The van der Waals surface area contributed by atoms with Gasteiger partial charge in [0.05, 0.1) is 6.61 Å². The van der Waals surface area contributed by atoms with E-state index in [9.17, 15) is 4.79 Å². The van der Waals surface area contributed by atoms with Crippen LogP contribution in [0.5, 0.6) is 0 Å². The van der Waals surface area contributed by atoms with Gasteiger partial charge in [0.25, 0.3) is 0 Å². The maximum atomic E-state index is 11.2. The average molecular weight is 233 g/mol. The second kappa shape index (κ2) is 7.12. The second-order valence-electron chi connectivity index (χ2n) is 4.74. The highest BCUT2D eigenvalue weighted by Gasteiger charge is 2.15. The molecule has 0 radical (unpaired) electrons. The van der Waals surface area contributed by atoms with Gasteiger partial charge in [-0.05, 0) is 24.5 Å². The first-order chi connectivity index (χ1) is 6.87. The largest absolute Gasteiger partial charge is 0.465 e. The molecule has 0 aromatic carbocycles. The van der Waals surface area contributed by atoms with Crippen molar-refractivity contribution in [1.29, 1.82) is 0 Å². The van der Waals surface area contributed by atoms with Crippen molar-refractivity contribution in [3.05, 3.63) is 0 Å². The third kappa shape index (κ3) is 8.75. The van der Waals surface area contributed by atoms with Crippen LogP contribution in [0, 0.1) is 5.41 Å². The molecular weight excluding hydrogens is 210 g/mol. The summed E-state index contributed by atoms with van der Waals surface area (Å²) in [4.78, 5) is 11.2. The van der Waals surface area contributed by atoms with E-state index in [0.717, 1.165) is 12.2 Å². The fourth-order valence-corrected chi connectivity index (χ4v) is 2.22. The third-order valence-corrected chi connectivity index (χ3v) is 2.97. The van der Waals surface area contributed by atoms with Gasteiger partial charge in [-0.3, -0.25) is 4.79 Å². The lowest BCUT2D eigenvalue weighted by molar-refractivity contribution is -0.144. The molecule has 0 aliphatic heterocycles. The molecular formula is C11H23NO2S. The standard InChI is InChI=1S/C11H23NO2S/c1-5-14-10(13)9(12)8-15-7-6-11(2,3)4/h9H,5-8,12H2,1-4H3. The number of rotatable bonds is 6. The van der Waals surface area contributed by atoms with Crippen molar-refractivity contribution in [3.63, 3.8) is 0 Å². The number of hydrogen-bond donors (Lipinski definition) is 1. The van der Waals surface area contributed by atoms with Crippen molar-refractivity contribution in [2.75, 3.05) is 18.1 Å². The smallest absolute Gasteiger partial charge is 0.323 e. The fourth-order valence-electron chi connectivity index (χ4n) is 0.906. The maximum absolute atomic E-state index is 11.2. The van der Waals surface area contributed by atoms with Gasteiger partial charge in [-0.15, -0.1) is 0 Å². The third-order valence-electron chi connectivity index (χ3n) is 1.88. The van der Waals surface area contributed by atoms with Crippen LogP contribution in [0.2, 0.25) is 0 Å². The highest BCUT2D eigenvalue weighted by Crippen LogP contribution is 2.21. The molecule has 0 heterocycles. The molecule has 2 N–H and O–H groups in total. The van der Waals surface area contributed by atoms with Gasteiger partial charge in [-0.25, -0.2) is 0 Å². The normalized spacial score (nSPS) is 13.7. The summed E-state index contributed by atoms with van der Waals surface area (Å²) in [7, 11) is 0. The number of thioether (sulfide) groups is 1. The van der Waals surface area contributed by atoms with Crippen LogP contribution in [0.15, 0.2) is 0 Å². The number of carbonyl (C=O) groups is 1. The Labute approximate surface area is 97.1 Å². The molecule has 4 heteroatoms. The van der Waals surface area contributed by atoms with Gasteiger partial charge in [-0.1, -0.05) is 20.8 Å². The molecule has 0 aromatic heterocycles. The molecule has 3 nitrogen and oxygen atoms in total. The van der Waals surface area contributed by atoms with E-state index in [4.69, 9.17) is 10.5 Å². The molecule has 1 unspecified atom stereocenters. The van der Waals surface area contributed by atoms with Gasteiger partial charge in [0.2, 0.25) is 0 Å². The lowest BCUT2D eigenvalue weighted by Crippen LogP contribution is -2.34. The summed E-state index contributed by atoms with van der Waals surface area (Å²) in [6.45, 7) is 8.81. The van der Waals surface area contributed by atoms with Gasteiger partial charge < -0.3 is 10.5 Å². The quantitative estimate of drug-likeness (QED) is 0.563. The van der Waals surface area contributed by atoms with Crippen molar-refractivity contribution < 1.29 is 9.53 Å². The molecule has 0 aliphatic carbocycles. The molecule has 0 aromatic rings. The molecule has 0 bridgehead atoms. The highest BCUT2D eigenvalue weighted by molar-refractivity contribution is 7.99. The Balaban J connectivity index is 3.55. The summed E-state index contributed by atoms with van der Waals surface area (Å²) < 4.78 is 4.82. The predicted molar refractivity (Wildman–Crippen MR) is 66.0 cm³/mol. The Bertz CT molecular complexity index is 190. The van der Waals surface area contributed by atoms with Crippen LogP contribution in [0.25, 0.3) is 0 Å². The summed E-state index contributed by atoms with van der Waals surface area (Å²) in [5.74, 6) is 1.40. The molecule has 0 amide bonds. The van der Waals surface area contributed by atoms with Crippen LogP contribution in [0.1, 0.15) is 34.1 Å². The van der Waals surface area contributed by atoms with Gasteiger partial charge in [-0.2, -0.15) is 11.8 Å². The van der Waals surface area contributed by atoms with Crippen molar-refractivity contribution in [2.24, 2.45) is 11.1 Å². The molecule has 0 rings (SSSR count). The Kier molecular flexibility index (Phi) is 7.02. The predicted octanol–water partition coefficient (Wildman–Crippen LogP) is 2.05. The Morgan fingerprint density at radius 3 is 2.53 bits per heavy atom. The first-order valence-corrected chi connectivity index (χ1v) is 6.52. The van der Waals surface area contributed by atoms with Crippen molar-refractivity contribution in [2.45, 2.75) is 40.2 Å². The van der Waals surface area contributed by atoms with Gasteiger partial charge in [0.15, 0.2) is 0 Å². The minimum absolute atomic E-state index is 0.291. The number of nitrogens with two attached hydrogens (primary N) is 1. The molecule has 0 saturated carbocycles. The van der Waals surface area contributed by atoms with E-state index in [0.29, 0.717) is 17.8 Å². The minimum atomic E-state index is -0.477. The van der Waals surface area contributed by atoms with Crippen molar-refractivity contribution >= 4 is 17.7 Å². The molecule has 15 heavy (non-hydrogen) atoms. The SMILES string of the molecule is CCOC(=O)C(N)CSCCC(C)(C)C. The summed E-state index contributed by atoms with van der Waals surface area (Å²) in [6, 6.07) is -0.477. The first kappa shape index (κ1) is 14.8. The van der Waals surface area contributed by atoms with Crippen LogP contribution < -0.4 is 5.73 Å². The van der Waals surface area contributed by atoms with E-state index in [1.54, 1.807) is 18.7 Å². The summed E-state index contributed by atoms with van der Waals surface area (Å²) in [5.41, 5.74) is 6.01. The average Bonchev–Trinajstić information content (AvgIpc) is 2.11. The van der Waals surface area contributed by atoms with Crippen LogP contribution in [-0.4, -0.2) is 30.1 Å². The zero-order valence-electron chi connectivity index (χ0n) is 10.2. The van der Waals surface area contributed by atoms with E-state index in [1.807, 2.05) is 0 Å². The van der Waals surface area contributed by atoms with Crippen LogP contribution in [0.4, 0.5) is 0 Å². The number of esters is 1. The number of ether oxygens (including phenoxy) is 1. The summed E-state index contributed by atoms with van der Waals surface area (Å²) in [6.07, 6.45) is 1.13. The van der Waals surface area contributed by atoms with E-state index < -0.39 is 6.04 Å². The van der Waals surface area contributed by atoms with E-state index in [1.165, 1.54) is 0 Å². The monoisotopic (exact) mass is 233 g/mol. The maximum Gasteiger partial charge on any atom is 0.323 e. The van der Waals surface area contributed by atoms with Crippen molar-refractivity contribution in [1.82, 2.24) is 0 Å². The Morgan fingerprint density at radius 1 is 1.47 bits per heavy atom. The molecule has 0 fully saturated rings. The Hall–Kier alpha value is -0.220. The molecule has 1 atom stereocenters. The van der Waals surface area contributed by atoms with E-state index >= 15 is 0 Å². The number of carbonyl (C=O) groups excluding carboxylic acids is 1. The Morgan fingerprint density at radius 2 is 2.07 bits per heavy atom. The lowest BCUT2D eigenvalue weighted by atomic mass is 9.94. The molecule has 0 aliphatic rings.